The Labute approximate surface area is 121 Å². The van der Waals surface area contributed by atoms with Crippen LogP contribution in [-0.2, 0) is 4.74 Å². The Balaban J connectivity index is 1.76. The van der Waals surface area contributed by atoms with Gasteiger partial charge in [-0.3, -0.25) is 0 Å². The first-order chi connectivity index (χ1) is 9.59. The number of nitrogens with two attached hydrogens (primary N) is 1. The molecule has 3 N–H and O–H groups in total. The monoisotopic (exact) mass is 278 g/mol. The Morgan fingerprint density at radius 1 is 1.30 bits per heavy atom. The second-order valence-electron chi connectivity index (χ2n) is 5.88. The normalized spacial score (nSPS) is 20.0. The first-order valence-corrected chi connectivity index (χ1v) is 7.38. The molecule has 4 nitrogen and oxygen atoms in total. The van der Waals surface area contributed by atoms with Crippen LogP contribution in [-0.4, -0.2) is 49.0 Å². The third kappa shape index (κ3) is 4.56. The molecule has 0 spiro atoms. The summed E-state index contributed by atoms with van der Waals surface area (Å²) in [6.45, 7) is 2.90. The molecule has 1 aromatic rings. The van der Waals surface area contributed by atoms with Gasteiger partial charge in [-0.15, -0.1) is 0 Å². The van der Waals surface area contributed by atoms with E-state index in [4.69, 9.17) is 10.5 Å². The van der Waals surface area contributed by atoms with E-state index in [-0.39, 0.29) is 6.04 Å². The zero-order chi connectivity index (χ0) is 14.4. The van der Waals surface area contributed by atoms with Crippen molar-refractivity contribution in [2.24, 2.45) is 5.73 Å². The number of likely N-dealkylation sites (N-methyl/N-ethyl adjacent to an activating group) is 1. The van der Waals surface area contributed by atoms with Crippen LogP contribution in [0, 0.1) is 0 Å². The fourth-order valence-corrected chi connectivity index (χ4v) is 2.72. The molecule has 1 saturated heterocycles. The summed E-state index contributed by atoms with van der Waals surface area (Å²) in [6.07, 6.45) is 2.34. The van der Waals surface area contributed by atoms with E-state index in [1.165, 1.54) is 5.56 Å². The number of hydrogen-bond acceptors (Lipinski definition) is 4. The summed E-state index contributed by atoms with van der Waals surface area (Å²) >= 11 is 0. The highest BCUT2D eigenvalue weighted by atomic mass is 16.5. The van der Waals surface area contributed by atoms with Gasteiger partial charge in [0.15, 0.2) is 0 Å². The van der Waals surface area contributed by atoms with Crippen LogP contribution in [0.15, 0.2) is 30.3 Å². The van der Waals surface area contributed by atoms with Crippen LogP contribution in [0.3, 0.4) is 0 Å². The Morgan fingerprint density at radius 3 is 2.60 bits per heavy atom. The maximum absolute atomic E-state index is 10.5. The summed E-state index contributed by atoms with van der Waals surface area (Å²) in [4.78, 5) is 2.17. The fraction of sp³-hybridized carbons (Fsp3) is 0.625. The van der Waals surface area contributed by atoms with Crippen LogP contribution in [0.1, 0.15) is 30.9 Å². The highest BCUT2D eigenvalue weighted by molar-refractivity contribution is 5.18. The Bertz CT molecular complexity index is 391. The van der Waals surface area contributed by atoms with Gasteiger partial charge in [-0.05, 0) is 25.6 Å². The molecule has 1 aliphatic heterocycles. The average molecular weight is 278 g/mol. The minimum absolute atomic E-state index is 0.0583. The van der Waals surface area contributed by atoms with Gasteiger partial charge in [-0.25, -0.2) is 0 Å². The fourth-order valence-electron chi connectivity index (χ4n) is 2.72. The highest BCUT2D eigenvalue weighted by Gasteiger charge is 2.30. The van der Waals surface area contributed by atoms with E-state index in [2.05, 4.69) is 17.0 Å². The molecule has 112 valence electrons. The van der Waals surface area contributed by atoms with Gasteiger partial charge in [0.1, 0.15) is 0 Å². The van der Waals surface area contributed by atoms with Gasteiger partial charge in [0.25, 0.3) is 0 Å². The van der Waals surface area contributed by atoms with Crippen LogP contribution in [0.4, 0.5) is 0 Å². The molecule has 1 unspecified atom stereocenters. The van der Waals surface area contributed by atoms with Crippen molar-refractivity contribution in [1.29, 1.82) is 0 Å². The number of benzene rings is 1. The van der Waals surface area contributed by atoms with E-state index < -0.39 is 5.60 Å². The largest absolute Gasteiger partial charge is 0.388 e. The predicted molar refractivity (Wildman–Crippen MR) is 80.5 cm³/mol. The first kappa shape index (κ1) is 15.4. The summed E-state index contributed by atoms with van der Waals surface area (Å²) in [6, 6.07) is 10.2. The Hall–Kier alpha value is -0.940. The van der Waals surface area contributed by atoms with Gasteiger partial charge in [-0.1, -0.05) is 30.3 Å². The van der Waals surface area contributed by atoms with Gasteiger partial charge < -0.3 is 20.5 Å². The van der Waals surface area contributed by atoms with Crippen molar-refractivity contribution >= 4 is 0 Å². The molecule has 1 fully saturated rings. The van der Waals surface area contributed by atoms with Crippen LogP contribution >= 0.6 is 0 Å². The molecular weight excluding hydrogens is 252 g/mol. The van der Waals surface area contributed by atoms with Crippen molar-refractivity contribution in [2.75, 3.05) is 33.4 Å². The molecule has 1 atom stereocenters. The lowest BCUT2D eigenvalue weighted by Gasteiger charge is -2.35. The van der Waals surface area contributed by atoms with Gasteiger partial charge in [0.05, 0.1) is 5.60 Å². The molecule has 4 heteroatoms. The third-order valence-electron chi connectivity index (χ3n) is 4.04. The molecule has 0 aliphatic carbocycles. The molecule has 2 rings (SSSR count). The standard InChI is InChI=1S/C16H26N2O2/c1-18(13-16(19)8-11-20-12-9-16)10-7-15(17)14-5-3-2-4-6-14/h2-6,15,19H,7-13,17H2,1H3. The lowest BCUT2D eigenvalue weighted by molar-refractivity contribution is -0.0770. The van der Waals surface area contributed by atoms with Crippen LogP contribution in [0.5, 0.6) is 0 Å². The molecule has 1 heterocycles. The Morgan fingerprint density at radius 2 is 1.95 bits per heavy atom. The maximum Gasteiger partial charge on any atom is 0.0817 e. The van der Waals surface area contributed by atoms with E-state index >= 15 is 0 Å². The molecule has 0 saturated carbocycles. The van der Waals surface area contributed by atoms with E-state index in [0.717, 1.165) is 25.8 Å². The third-order valence-corrected chi connectivity index (χ3v) is 4.04. The van der Waals surface area contributed by atoms with Gasteiger partial charge in [0, 0.05) is 38.6 Å². The lowest BCUT2D eigenvalue weighted by atomic mass is 9.93. The summed E-state index contributed by atoms with van der Waals surface area (Å²) in [5, 5.41) is 10.5. The highest BCUT2D eigenvalue weighted by Crippen LogP contribution is 2.22. The molecule has 0 aromatic heterocycles. The predicted octanol–water partition coefficient (Wildman–Crippen LogP) is 1.55. The minimum Gasteiger partial charge on any atom is -0.388 e. The average Bonchev–Trinajstić information content (AvgIpc) is 2.46. The number of hydrogen-bond donors (Lipinski definition) is 2. The van der Waals surface area contributed by atoms with Crippen molar-refractivity contribution in [3.8, 4) is 0 Å². The second-order valence-corrected chi connectivity index (χ2v) is 5.88. The van der Waals surface area contributed by atoms with Crippen molar-refractivity contribution in [3.63, 3.8) is 0 Å². The smallest absolute Gasteiger partial charge is 0.0817 e. The summed E-state index contributed by atoms with van der Waals surface area (Å²) in [7, 11) is 2.05. The molecule has 1 aliphatic rings. The quantitative estimate of drug-likeness (QED) is 0.829. The van der Waals surface area contributed by atoms with Crippen molar-refractivity contribution in [3.05, 3.63) is 35.9 Å². The van der Waals surface area contributed by atoms with E-state index in [1.807, 2.05) is 25.2 Å². The number of nitrogens with zero attached hydrogens (tertiary/aromatic N) is 1. The Kier molecular flexibility index (Phi) is 5.54. The topological polar surface area (TPSA) is 58.7 Å². The number of rotatable bonds is 6. The first-order valence-electron chi connectivity index (χ1n) is 7.38. The minimum atomic E-state index is -0.593. The molecular formula is C16H26N2O2. The van der Waals surface area contributed by atoms with E-state index in [0.29, 0.717) is 19.8 Å². The maximum atomic E-state index is 10.5. The van der Waals surface area contributed by atoms with Crippen LogP contribution < -0.4 is 5.73 Å². The van der Waals surface area contributed by atoms with Gasteiger partial charge in [-0.2, -0.15) is 0 Å². The lowest BCUT2D eigenvalue weighted by Crippen LogP contribution is -2.46. The van der Waals surface area contributed by atoms with E-state index in [9.17, 15) is 5.11 Å². The van der Waals surface area contributed by atoms with Crippen molar-refractivity contribution < 1.29 is 9.84 Å². The van der Waals surface area contributed by atoms with Crippen LogP contribution in [0.25, 0.3) is 0 Å². The summed E-state index contributed by atoms with van der Waals surface area (Å²) in [5.74, 6) is 0. The number of aliphatic hydroxyl groups is 1. The molecule has 0 bridgehead atoms. The SMILES string of the molecule is CN(CCC(N)c1ccccc1)CC1(O)CCOCC1. The van der Waals surface area contributed by atoms with E-state index in [1.54, 1.807) is 0 Å². The zero-order valence-electron chi connectivity index (χ0n) is 12.3. The van der Waals surface area contributed by atoms with Crippen molar-refractivity contribution in [2.45, 2.75) is 30.9 Å². The molecule has 1 aromatic carbocycles. The molecule has 20 heavy (non-hydrogen) atoms. The van der Waals surface area contributed by atoms with Crippen molar-refractivity contribution in [1.82, 2.24) is 4.90 Å². The van der Waals surface area contributed by atoms with Gasteiger partial charge in [0.2, 0.25) is 0 Å². The summed E-state index contributed by atoms with van der Waals surface area (Å²) in [5.41, 5.74) is 6.78. The number of ether oxygens (including phenoxy) is 1. The zero-order valence-corrected chi connectivity index (χ0v) is 12.3. The van der Waals surface area contributed by atoms with Crippen LogP contribution in [0.2, 0.25) is 0 Å². The molecule has 0 amide bonds. The molecule has 0 radical (unpaired) electrons. The summed E-state index contributed by atoms with van der Waals surface area (Å²) < 4.78 is 5.30. The van der Waals surface area contributed by atoms with Gasteiger partial charge >= 0.3 is 0 Å². The second kappa shape index (κ2) is 7.18.